The largest absolute Gasteiger partial charge is 0.495 e. The zero-order valence-electron chi connectivity index (χ0n) is 13.9. The standard InChI is InChI=1S/C19H19N3O3/c1-25-17-7-3-2-5-13(17)20-18(23)12-8-9-15-14(11-12)21-19(24)16-6-4-10-22(15)16/h2-3,5,7-9,11,16H,4,6,10H2,1H3,(H,20,23)(H,21,24)/t16-/m1/s1. The van der Waals surface area contributed by atoms with Gasteiger partial charge in [0, 0.05) is 12.1 Å². The Kier molecular flexibility index (Phi) is 3.80. The first-order valence-corrected chi connectivity index (χ1v) is 8.33. The van der Waals surface area contributed by atoms with Crippen molar-refractivity contribution in [3.8, 4) is 5.75 Å². The molecule has 25 heavy (non-hydrogen) atoms. The van der Waals surface area contributed by atoms with E-state index < -0.39 is 0 Å². The highest BCUT2D eigenvalue weighted by Gasteiger charge is 2.36. The number of fused-ring (bicyclic) bond motifs is 3. The maximum Gasteiger partial charge on any atom is 0.255 e. The molecule has 4 rings (SSSR count). The van der Waals surface area contributed by atoms with Gasteiger partial charge >= 0.3 is 0 Å². The summed E-state index contributed by atoms with van der Waals surface area (Å²) >= 11 is 0. The molecule has 0 aliphatic carbocycles. The summed E-state index contributed by atoms with van der Waals surface area (Å²) in [6, 6.07) is 12.6. The van der Waals surface area contributed by atoms with Crippen LogP contribution in [0.3, 0.4) is 0 Å². The van der Waals surface area contributed by atoms with Gasteiger partial charge in [0.15, 0.2) is 0 Å². The highest BCUT2D eigenvalue weighted by molar-refractivity contribution is 6.09. The van der Waals surface area contributed by atoms with E-state index in [-0.39, 0.29) is 17.9 Å². The average molecular weight is 337 g/mol. The minimum Gasteiger partial charge on any atom is -0.495 e. The second-order valence-corrected chi connectivity index (χ2v) is 6.23. The van der Waals surface area contributed by atoms with Crippen molar-refractivity contribution in [2.24, 2.45) is 0 Å². The molecule has 0 spiro atoms. The molecule has 2 aromatic rings. The van der Waals surface area contributed by atoms with E-state index in [4.69, 9.17) is 4.74 Å². The Morgan fingerprint density at radius 2 is 2.12 bits per heavy atom. The number of nitrogens with zero attached hydrogens (tertiary/aromatic N) is 1. The van der Waals surface area contributed by atoms with E-state index in [0.717, 1.165) is 25.1 Å². The fourth-order valence-corrected chi connectivity index (χ4v) is 3.51. The number of para-hydroxylation sites is 2. The number of hydrogen-bond donors (Lipinski definition) is 2. The molecular formula is C19H19N3O3. The molecule has 2 aromatic carbocycles. The third-order valence-corrected chi connectivity index (χ3v) is 4.74. The van der Waals surface area contributed by atoms with Gasteiger partial charge in [0.25, 0.3) is 5.91 Å². The van der Waals surface area contributed by atoms with Gasteiger partial charge in [-0.25, -0.2) is 0 Å². The predicted octanol–water partition coefficient (Wildman–Crippen LogP) is 2.87. The van der Waals surface area contributed by atoms with Gasteiger partial charge in [0.2, 0.25) is 5.91 Å². The first-order chi connectivity index (χ1) is 12.2. The lowest BCUT2D eigenvalue weighted by molar-refractivity contribution is -0.117. The summed E-state index contributed by atoms with van der Waals surface area (Å²) in [5, 5.41) is 5.78. The number of nitrogens with one attached hydrogen (secondary N) is 2. The van der Waals surface area contributed by atoms with Crippen LogP contribution in [-0.2, 0) is 4.79 Å². The Bertz CT molecular complexity index is 850. The average Bonchev–Trinajstić information content (AvgIpc) is 3.12. The first-order valence-electron chi connectivity index (χ1n) is 8.33. The molecule has 2 aliphatic rings. The Labute approximate surface area is 145 Å². The van der Waals surface area contributed by atoms with E-state index in [2.05, 4.69) is 15.5 Å². The van der Waals surface area contributed by atoms with E-state index in [9.17, 15) is 9.59 Å². The van der Waals surface area contributed by atoms with Crippen molar-refractivity contribution >= 4 is 28.9 Å². The van der Waals surface area contributed by atoms with Gasteiger partial charge in [0.1, 0.15) is 11.8 Å². The molecule has 1 fully saturated rings. The maximum absolute atomic E-state index is 12.6. The SMILES string of the molecule is COc1ccccc1NC(=O)c1ccc2c(c1)NC(=O)[C@H]1CCCN21. The van der Waals surface area contributed by atoms with Gasteiger partial charge < -0.3 is 20.3 Å². The van der Waals surface area contributed by atoms with Gasteiger partial charge in [-0.2, -0.15) is 0 Å². The Morgan fingerprint density at radius 3 is 2.96 bits per heavy atom. The Hall–Kier alpha value is -3.02. The fourth-order valence-electron chi connectivity index (χ4n) is 3.51. The van der Waals surface area contributed by atoms with E-state index in [1.54, 1.807) is 31.4 Å². The van der Waals surface area contributed by atoms with E-state index >= 15 is 0 Å². The van der Waals surface area contributed by atoms with Gasteiger partial charge in [-0.1, -0.05) is 12.1 Å². The molecule has 2 aliphatic heterocycles. The summed E-state index contributed by atoms with van der Waals surface area (Å²) in [6.45, 7) is 0.873. The number of carbonyl (C=O) groups is 2. The minimum absolute atomic E-state index is 0.00675. The molecule has 6 nitrogen and oxygen atoms in total. The van der Waals surface area contributed by atoms with Crippen LogP contribution in [0.5, 0.6) is 5.75 Å². The summed E-state index contributed by atoms with van der Waals surface area (Å²) in [7, 11) is 1.56. The lowest BCUT2D eigenvalue weighted by Gasteiger charge is -2.33. The maximum atomic E-state index is 12.6. The third-order valence-electron chi connectivity index (χ3n) is 4.74. The number of hydrogen-bond acceptors (Lipinski definition) is 4. The molecule has 0 aromatic heterocycles. The van der Waals surface area contributed by atoms with E-state index in [1.807, 2.05) is 18.2 Å². The number of amides is 2. The molecule has 0 radical (unpaired) electrons. The molecular weight excluding hydrogens is 318 g/mol. The van der Waals surface area contributed by atoms with Crippen molar-refractivity contribution < 1.29 is 14.3 Å². The number of rotatable bonds is 3. The lowest BCUT2D eigenvalue weighted by Crippen LogP contribution is -2.43. The van der Waals surface area contributed by atoms with Crippen LogP contribution in [0, 0.1) is 0 Å². The molecule has 0 saturated carbocycles. The fraction of sp³-hybridized carbons (Fsp3) is 0.263. The predicted molar refractivity (Wildman–Crippen MR) is 96.4 cm³/mol. The summed E-state index contributed by atoms with van der Waals surface area (Å²) in [5.41, 5.74) is 2.77. The number of carbonyl (C=O) groups excluding carboxylic acids is 2. The van der Waals surface area contributed by atoms with Gasteiger partial charge in [-0.3, -0.25) is 9.59 Å². The summed E-state index contributed by atoms with van der Waals surface area (Å²) in [4.78, 5) is 26.9. The summed E-state index contributed by atoms with van der Waals surface area (Å²) in [5.74, 6) is 0.361. The third kappa shape index (κ3) is 2.69. The summed E-state index contributed by atoms with van der Waals surface area (Å²) in [6.07, 6.45) is 1.88. The lowest BCUT2D eigenvalue weighted by atomic mass is 10.1. The molecule has 2 amide bonds. The van der Waals surface area contributed by atoms with E-state index in [1.165, 1.54) is 0 Å². The Morgan fingerprint density at radius 1 is 1.28 bits per heavy atom. The minimum atomic E-state index is -0.245. The van der Waals surface area contributed by atoms with Crippen LogP contribution in [0.15, 0.2) is 42.5 Å². The van der Waals surface area contributed by atoms with Crippen LogP contribution in [0.2, 0.25) is 0 Å². The second kappa shape index (κ2) is 6.12. The first kappa shape index (κ1) is 15.5. The van der Waals surface area contributed by atoms with Crippen LogP contribution in [0.1, 0.15) is 23.2 Å². The second-order valence-electron chi connectivity index (χ2n) is 6.23. The number of ether oxygens (including phenoxy) is 1. The molecule has 128 valence electrons. The van der Waals surface area contributed by atoms with Crippen LogP contribution in [-0.4, -0.2) is 31.5 Å². The highest BCUT2D eigenvalue weighted by Crippen LogP contribution is 2.37. The smallest absolute Gasteiger partial charge is 0.255 e. The van der Waals surface area contributed by atoms with Gasteiger partial charge in [-0.15, -0.1) is 0 Å². The highest BCUT2D eigenvalue weighted by atomic mass is 16.5. The molecule has 0 bridgehead atoms. The summed E-state index contributed by atoms with van der Waals surface area (Å²) < 4.78 is 5.26. The molecule has 1 saturated heterocycles. The van der Waals surface area contributed by atoms with Gasteiger partial charge in [0.05, 0.1) is 24.2 Å². The number of benzene rings is 2. The zero-order valence-corrected chi connectivity index (χ0v) is 13.9. The van der Waals surface area contributed by atoms with Crippen molar-refractivity contribution in [2.75, 3.05) is 29.2 Å². The van der Waals surface area contributed by atoms with Crippen molar-refractivity contribution in [3.63, 3.8) is 0 Å². The van der Waals surface area contributed by atoms with Crippen molar-refractivity contribution in [1.29, 1.82) is 0 Å². The topological polar surface area (TPSA) is 70.7 Å². The monoisotopic (exact) mass is 337 g/mol. The quantitative estimate of drug-likeness (QED) is 0.903. The molecule has 2 N–H and O–H groups in total. The van der Waals surface area contributed by atoms with Crippen molar-refractivity contribution in [1.82, 2.24) is 0 Å². The molecule has 6 heteroatoms. The molecule has 0 unspecified atom stereocenters. The molecule has 2 heterocycles. The Balaban J connectivity index is 1.61. The van der Waals surface area contributed by atoms with Crippen LogP contribution in [0.4, 0.5) is 17.1 Å². The van der Waals surface area contributed by atoms with Crippen LogP contribution < -0.4 is 20.3 Å². The van der Waals surface area contributed by atoms with Crippen molar-refractivity contribution in [2.45, 2.75) is 18.9 Å². The van der Waals surface area contributed by atoms with Crippen LogP contribution in [0.25, 0.3) is 0 Å². The van der Waals surface area contributed by atoms with Crippen LogP contribution >= 0.6 is 0 Å². The number of anilines is 3. The molecule has 1 atom stereocenters. The normalized spacial score (nSPS) is 18.2. The zero-order chi connectivity index (χ0) is 17.4. The number of methoxy groups -OCH3 is 1. The van der Waals surface area contributed by atoms with Gasteiger partial charge in [-0.05, 0) is 43.2 Å². The van der Waals surface area contributed by atoms with Crippen molar-refractivity contribution in [3.05, 3.63) is 48.0 Å². The van der Waals surface area contributed by atoms with E-state index in [0.29, 0.717) is 22.7 Å².